The number of hydrogen-bond donors (Lipinski definition) is 3. The molecule has 0 spiro atoms. The van der Waals surface area contributed by atoms with E-state index >= 15 is 0 Å². The van der Waals surface area contributed by atoms with Crippen molar-refractivity contribution in [2.24, 2.45) is 4.99 Å². The molecular formula is C23H39N5O2. The molecule has 30 heavy (non-hydrogen) atoms. The summed E-state index contributed by atoms with van der Waals surface area (Å²) in [7, 11) is 0. The molecule has 1 amide bonds. The number of carbonyl (C=O) groups is 1. The summed E-state index contributed by atoms with van der Waals surface area (Å²) in [5.74, 6) is 0.788. The lowest BCUT2D eigenvalue weighted by Gasteiger charge is -2.19. The van der Waals surface area contributed by atoms with Crippen LogP contribution < -0.4 is 16.0 Å². The van der Waals surface area contributed by atoms with Crippen LogP contribution in [0.25, 0.3) is 0 Å². The fraction of sp³-hybridized carbons (Fsp3) is 0.652. The molecule has 0 radical (unpaired) electrons. The molecule has 1 saturated heterocycles. The van der Waals surface area contributed by atoms with Gasteiger partial charge in [-0.2, -0.15) is 0 Å². The molecule has 0 atom stereocenters. The Kier molecular flexibility index (Phi) is 9.94. The second-order valence-corrected chi connectivity index (χ2v) is 8.70. The van der Waals surface area contributed by atoms with Gasteiger partial charge in [-0.3, -0.25) is 4.90 Å². The van der Waals surface area contributed by atoms with Crippen molar-refractivity contribution < 1.29 is 9.53 Å². The van der Waals surface area contributed by atoms with Crippen LogP contribution in [-0.2, 0) is 17.8 Å². The van der Waals surface area contributed by atoms with E-state index in [-0.39, 0.29) is 6.09 Å². The minimum Gasteiger partial charge on any atom is -0.444 e. The maximum absolute atomic E-state index is 11.6. The highest BCUT2D eigenvalue weighted by molar-refractivity contribution is 5.79. The van der Waals surface area contributed by atoms with Crippen molar-refractivity contribution in [3.63, 3.8) is 0 Å². The number of rotatable bonds is 9. The Morgan fingerprint density at radius 3 is 2.30 bits per heavy atom. The summed E-state index contributed by atoms with van der Waals surface area (Å²) in [5, 5.41) is 9.34. The van der Waals surface area contributed by atoms with Gasteiger partial charge in [-0.05, 0) is 71.2 Å². The summed E-state index contributed by atoms with van der Waals surface area (Å²) in [6.07, 6.45) is 3.06. The quantitative estimate of drug-likeness (QED) is 0.327. The van der Waals surface area contributed by atoms with E-state index < -0.39 is 5.60 Å². The predicted octanol–water partition coefficient (Wildman–Crippen LogP) is 3.25. The smallest absolute Gasteiger partial charge is 0.407 e. The van der Waals surface area contributed by atoms with E-state index in [0.717, 1.165) is 32.0 Å². The number of guanidine groups is 1. The van der Waals surface area contributed by atoms with Crippen molar-refractivity contribution in [3.05, 3.63) is 35.4 Å². The third-order valence-electron chi connectivity index (χ3n) is 4.71. The van der Waals surface area contributed by atoms with Crippen LogP contribution in [0.4, 0.5) is 4.79 Å². The van der Waals surface area contributed by atoms with Gasteiger partial charge in [0.25, 0.3) is 0 Å². The van der Waals surface area contributed by atoms with Gasteiger partial charge >= 0.3 is 6.09 Å². The summed E-state index contributed by atoms with van der Waals surface area (Å²) in [5.41, 5.74) is 2.09. The molecule has 0 aromatic heterocycles. The number of alkyl carbamates (subject to hydrolysis) is 1. The van der Waals surface area contributed by atoms with E-state index in [1.54, 1.807) is 0 Å². The van der Waals surface area contributed by atoms with Crippen molar-refractivity contribution >= 4 is 12.1 Å². The van der Waals surface area contributed by atoms with Gasteiger partial charge in [0.2, 0.25) is 0 Å². The van der Waals surface area contributed by atoms with Gasteiger partial charge in [-0.1, -0.05) is 24.3 Å². The third-order valence-corrected chi connectivity index (χ3v) is 4.71. The Balaban J connectivity index is 1.71. The highest BCUT2D eigenvalue weighted by Crippen LogP contribution is 2.13. The second kappa shape index (κ2) is 12.4. The largest absolute Gasteiger partial charge is 0.444 e. The number of nitrogens with one attached hydrogen (secondary N) is 3. The van der Waals surface area contributed by atoms with Crippen molar-refractivity contribution in [2.75, 3.05) is 32.7 Å². The van der Waals surface area contributed by atoms with E-state index in [1.165, 1.54) is 37.1 Å². The predicted molar refractivity (Wildman–Crippen MR) is 123 cm³/mol. The van der Waals surface area contributed by atoms with Gasteiger partial charge in [-0.25, -0.2) is 9.79 Å². The van der Waals surface area contributed by atoms with Gasteiger partial charge in [-0.15, -0.1) is 0 Å². The molecule has 1 aromatic carbocycles. The summed E-state index contributed by atoms with van der Waals surface area (Å²) in [6.45, 7) is 13.8. The fourth-order valence-corrected chi connectivity index (χ4v) is 3.26. The van der Waals surface area contributed by atoms with Crippen molar-refractivity contribution in [3.8, 4) is 0 Å². The first-order chi connectivity index (χ1) is 14.4. The summed E-state index contributed by atoms with van der Waals surface area (Å²) in [4.78, 5) is 18.8. The maximum atomic E-state index is 11.6. The molecule has 0 aliphatic carbocycles. The Bertz CT molecular complexity index is 661. The molecule has 1 aliphatic rings. The maximum Gasteiger partial charge on any atom is 0.407 e. The van der Waals surface area contributed by atoms with Crippen LogP contribution in [0.5, 0.6) is 0 Å². The minimum absolute atomic E-state index is 0.378. The molecule has 0 saturated carbocycles. The Morgan fingerprint density at radius 2 is 1.67 bits per heavy atom. The average Bonchev–Trinajstić information content (AvgIpc) is 3.18. The molecule has 3 N–H and O–H groups in total. The van der Waals surface area contributed by atoms with E-state index in [1.807, 2.05) is 20.8 Å². The lowest BCUT2D eigenvalue weighted by Crippen LogP contribution is -2.39. The van der Waals surface area contributed by atoms with Crippen LogP contribution in [0.2, 0.25) is 0 Å². The van der Waals surface area contributed by atoms with Crippen LogP contribution in [0, 0.1) is 0 Å². The van der Waals surface area contributed by atoms with Crippen molar-refractivity contribution in [2.45, 2.75) is 65.6 Å². The standard InChI is InChI=1S/C23H39N5O2/c1-5-24-21(25-13-8-14-26-22(29)30-23(2,3)4)27-17-19-9-11-20(12-10-19)18-28-15-6-7-16-28/h9-12H,5-8,13-18H2,1-4H3,(H,26,29)(H2,24,25,27). The van der Waals surface area contributed by atoms with Crippen LogP contribution in [0.1, 0.15) is 58.1 Å². The van der Waals surface area contributed by atoms with Gasteiger partial charge in [0.05, 0.1) is 6.54 Å². The van der Waals surface area contributed by atoms with E-state index in [4.69, 9.17) is 4.74 Å². The molecular weight excluding hydrogens is 378 g/mol. The molecule has 1 fully saturated rings. The Morgan fingerprint density at radius 1 is 1.03 bits per heavy atom. The van der Waals surface area contributed by atoms with Gasteiger partial charge in [0.1, 0.15) is 5.60 Å². The number of amides is 1. The molecule has 168 valence electrons. The molecule has 1 aliphatic heterocycles. The van der Waals surface area contributed by atoms with E-state index in [2.05, 4.69) is 57.0 Å². The normalized spacial score (nSPS) is 15.1. The Labute approximate surface area is 181 Å². The number of aliphatic imine (C=N–C) groups is 1. The number of benzene rings is 1. The monoisotopic (exact) mass is 417 g/mol. The minimum atomic E-state index is -0.473. The highest BCUT2D eigenvalue weighted by Gasteiger charge is 2.15. The molecule has 1 heterocycles. The molecule has 1 aromatic rings. The number of ether oxygens (including phenoxy) is 1. The fourth-order valence-electron chi connectivity index (χ4n) is 3.26. The lowest BCUT2D eigenvalue weighted by molar-refractivity contribution is 0.0527. The van der Waals surface area contributed by atoms with Crippen molar-refractivity contribution in [1.29, 1.82) is 0 Å². The molecule has 2 rings (SSSR count). The van der Waals surface area contributed by atoms with Gasteiger partial charge < -0.3 is 20.7 Å². The first kappa shape index (κ1) is 24.0. The average molecular weight is 418 g/mol. The van der Waals surface area contributed by atoms with Crippen LogP contribution in [-0.4, -0.2) is 55.3 Å². The lowest BCUT2D eigenvalue weighted by atomic mass is 10.1. The first-order valence-corrected chi connectivity index (χ1v) is 11.1. The summed E-state index contributed by atoms with van der Waals surface area (Å²) < 4.78 is 5.23. The van der Waals surface area contributed by atoms with E-state index in [0.29, 0.717) is 13.1 Å². The Hall–Kier alpha value is -2.28. The van der Waals surface area contributed by atoms with Crippen LogP contribution in [0.15, 0.2) is 29.3 Å². The van der Waals surface area contributed by atoms with Crippen LogP contribution in [0.3, 0.4) is 0 Å². The number of hydrogen-bond acceptors (Lipinski definition) is 4. The second-order valence-electron chi connectivity index (χ2n) is 8.70. The highest BCUT2D eigenvalue weighted by atomic mass is 16.6. The topological polar surface area (TPSA) is 78.0 Å². The van der Waals surface area contributed by atoms with Gasteiger partial charge in [0.15, 0.2) is 5.96 Å². The van der Waals surface area contributed by atoms with Crippen molar-refractivity contribution in [1.82, 2.24) is 20.9 Å². The summed E-state index contributed by atoms with van der Waals surface area (Å²) >= 11 is 0. The molecule has 0 unspecified atom stereocenters. The van der Waals surface area contributed by atoms with Crippen LogP contribution >= 0.6 is 0 Å². The molecule has 0 bridgehead atoms. The number of likely N-dealkylation sites (tertiary alicyclic amines) is 1. The zero-order valence-corrected chi connectivity index (χ0v) is 19.1. The third kappa shape index (κ3) is 9.96. The molecule has 7 heteroatoms. The SMILES string of the molecule is CCNC(=NCc1ccc(CN2CCCC2)cc1)NCCCNC(=O)OC(C)(C)C. The first-order valence-electron chi connectivity index (χ1n) is 11.1. The zero-order valence-electron chi connectivity index (χ0n) is 19.1. The molecule has 7 nitrogen and oxygen atoms in total. The summed E-state index contributed by atoms with van der Waals surface area (Å²) in [6, 6.07) is 8.77. The number of carbonyl (C=O) groups excluding carboxylic acids is 1. The van der Waals surface area contributed by atoms with E-state index in [9.17, 15) is 4.79 Å². The zero-order chi connectivity index (χ0) is 21.8. The van der Waals surface area contributed by atoms with Gasteiger partial charge in [0, 0.05) is 26.2 Å². The number of nitrogens with zero attached hydrogens (tertiary/aromatic N) is 2.